The molecule has 0 amide bonds. The standard InChI is InChI=1S/C16H21N3OS/c1-20-15-4-2-13(3-5-15)10-16-18-14(12-21-16)11-19-8-6-17-7-9-19/h2-5,12,17H,6-11H2,1H3. The Hall–Kier alpha value is -1.43. The van der Waals surface area contributed by atoms with Gasteiger partial charge in [0.15, 0.2) is 0 Å². The maximum atomic E-state index is 5.18. The zero-order valence-electron chi connectivity index (χ0n) is 12.3. The summed E-state index contributed by atoms with van der Waals surface area (Å²) >= 11 is 1.76. The highest BCUT2D eigenvalue weighted by Gasteiger charge is 2.12. The summed E-state index contributed by atoms with van der Waals surface area (Å²) in [7, 11) is 1.69. The molecule has 4 nitrogen and oxygen atoms in total. The minimum Gasteiger partial charge on any atom is -0.497 e. The number of nitrogens with zero attached hydrogens (tertiary/aromatic N) is 2. The van der Waals surface area contributed by atoms with Gasteiger partial charge in [-0.3, -0.25) is 4.90 Å². The van der Waals surface area contributed by atoms with E-state index < -0.39 is 0 Å². The van der Waals surface area contributed by atoms with Crippen LogP contribution >= 0.6 is 11.3 Å². The van der Waals surface area contributed by atoms with Crippen molar-refractivity contribution in [2.24, 2.45) is 0 Å². The average Bonchev–Trinajstić information content (AvgIpc) is 2.96. The Morgan fingerprint density at radius 2 is 2.00 bits per heavy atom. The second-order valence-electron chi connectivity index (χ2n) is 5.28. The number of hydrogen-bond donors (Lipinski definition) is 1. The lowest BCUT2D eigenvalue weighted by Gasteiger charge is -2.26. The normalized spacial score (nSPS) is 16.0. The highest BCUT2D eigenvalue weighted by molar-refractivity contribution is 7.09. The molecule has 21 heavy (non-hydrogen) atoms. The van der Waals surface area contributed by atoms with Crippen LogP contribution in [-0.2, 0) is 13.0 Å². The van der Waals surface area contributed by atoms with E-state index in [0.717, 1.165) is 44.9 Å². The Morgan fingerprint density at radius 1 is 1.24 bits per heavy atom. The van der Waals surface area contributed by atoms with Gasteiger partial charge in [-0.05, 0) is 17.7 Å². The predicted octanol–water partition coefficient (Wildman–Crippen LogP) is 2.15. The SMILES string of the molecule is COc1ccc(Cc2nc(CN3CCNCC3)cs2)cc1. The Bertz CT molecular complexity index is 561. The van der Waals surface area contributed by atoms with E-state index in [1.807, 2.05) is 12.1 Å². The summed E-state index contributed by atoms with van der Waals surface area (Å²) in [6, 6.07) is 8.22. The van der Waals surface area contributed by atoms with Crippen LogP contribution in [0.2, 0.25) is 0 Å². The van der Waals surface area contributed by atoms with Gasteiger partial charge in [-0.15, -0.1) is 11.3 Å². The highest BCUT2D eigenvalue weighted by atomic mass is 32.1. The van der Waals surface area contributed by atoms with Crippen molar-refractivity contribution >= 4 is 11.3 Å². The van der Waals surface area contributed by atoms with Crippen LogP contribution in [-0.4, -0.2) is 43.2 Å². The van der Waals surface area contributed by atoms with Gasteiger partial charge >= 0.3 is 0 Å². The Kier molecular flexibility index (Phi) is 4.85. The lowest BCUT2D eigenvalue weighted by molar-refractivity contribution is 0.231. The fourth-order valence-electron chi connectivity index (χ4n) is 2.52. The second-order valence-corrected chi connectivity index (χ2v) is 6.23. The van der Waals surface area contributed by atoms with Crippen molar-refractivity contribution in [1.82, 2.24) is 15.2 Å². The van der Waals surface area contributed by atoms with Crippen molar-refractivity contribution in [1.29, 1.82) is 0 Å². The first kappa shape index (κ1) is 14.5. The van der Waals surface area contributed by atoms with E-state index in [9.17, 15) is 0 Å². The summed E-state index contributed by atoms with van der Waals surface area (Å²) in [5, 5.41) is 6.76. The largest absolute Gasteiger partial charge is 0.497 e. The number of piperazine rings is 1. The van der Waals surface area contributed by atoms with Crippen molar-refractivity contribution in [3.05, 3.63) is 45.9 Å². The van der Waals surface area contributed by atoms with Crippen LogP contribution in [0.4, 0.5) is 0 Å². The van der Waals surface area contributed by atoms with Crippen molar-refractivity contribution in [2.75, 3.05) is 33.3 Å². The molecule has 1 fully saturated rings. The van der Waals surface area contributed by atoms with E-state index in [1.165, 1.54) is 16.3 Å². The van der Waals surface area contributed by atoms with E-state index in [4.69, 9.17) is 9.72 Å². The third-order valence-corrected chi connectivity index (χ3v) is 4.61. The summed E-state index contributed by atoms with van der Waals surface area (Å²) in [4.78, 5) is 7.23. The summed E-state index contributed by atoms with van der Waals surface area (Å²) in [5.41, 5.74) is 2.48. The van der Waals surface area contributed by atoms with Crippen molar-refractivity contribution in [3.8, 4) is 5.75 Å². The number of methoxy groups -OCH3 is 1. The van der Waals surface area contributed by atoms with Gasteiger partial charge in [0.1, 0.15) is 5.75 Å². The summed E-state index contributed by atoms with van der Waals surface area (Å²) in [6.07, 6.45) is 0.899. The van der Waals surface area contributed by atoms with Crippen LogP contribution in [0.25, 0.3) is 0 Å². The molecule has 0 bridgehead atoms. The smallest absolute Gasteiger partial charge is 0.118 e. The predicted molar refractivity (Wildman–Crippen MR) is 86.1 cm³/mol. The molecule has 1 saturated heterocycles. The van der Waals surface area contributed by atoms with E-state index in [1.54, 1.807) is 18.4 Å². The molecule has 1 N–H and O–H groups in total. The molecule has 1 aromatic carbocycles. The van der Waals surface area contributed by atoms with E-state index in [-0.39, 0.29) is 0 Å². The molecular formula is C16H21N3OS. The fourth-order valence-corrected chi connectivity index (χ4v) is 3.34. The number of hydrogen-bond acceptors (Lipinski definition) is 5. The molecule has 1 aliphatic rings. The molecule has 0 aliphatic carbocycles. The van der Waals surface area contributed by atoms with Gasteiger partial charge in [0.25, 0.3) is 0 Å². The summed E-state index contributed by atoms with van der Waals surface area (Å²) in [6.45, 7) is 5.38. The molecule has 0 saturated carbocycles. The third kappa shape index (κ3) is 4.03. The zero-order valence-corrected chi connectivity index (χ0v) is 13.2. The van der Waals surface area contributed by atoms with Crippen LogP contribution in [0.3, 0.4) is 0 Å². The monoisotopic (exact) mass is 303 g/mol. The van der Waals surface area contributed by atoms with Gasteiger partial charge in [0.05, 0.1) is 17.8 Å². The van der Waals surface area contributed by atoms with E-state index in [0.29, 0.717) is 0 Å². The molecule has 112 valence electrons. The summed E-state index contributed by atoms with van der Waals surface area (Å²) < 4.78 is 5.18. The molecule has 0 spiro atoms. The topological polar surface area (TPSA) is 37.4 Å². The Balaban J connectivity index is 1.58. The number of thiazole rings is 1. The minimum atomic E-state index is 0.899. The molecule has 2 heterocycles. The highest BCUT2D eigenvalue weighted by Crippen LogP contribution is 2.18. The first-order valence-electron chi connectivity index (χ1n) is 7.33. The van der Waals surface area contributed by atoms with Crippen LogP contribution in [0.1, 0.15) is 16.3 Å². The average molecular weight is 303 g/mol. The van der Waals surface area contributed by atoms with Gasteiger partial charge in [0, 0.05) is 44.5 Å². The first-order valence-corrected chi connectivity index (χ1v) is 8.21. The maximum Gasteiger partial charge on any atom is 0.118 e. The van der Waals surface area contributed by atoms with Crippen LogP contribution in [0.5, 0.6) is 5.75 Å². The van der Waals surface area contributed by atoms with Gasteiger partial charge < -0.3 is 10.1 Å². The van der Waals surface area contributed by atoms with Crippen molar-refractivity contribution in [3.63, 3.8) is 0 Å². The van der Waals surface area contributed by atoms with Gasteiger partial charge in [-0.2, -0.15) is 0 Å². The molecule has 0 radical (unpaired) electrons. The minimum absolute atomic E-state index is 0.899. The molecule has 0 atom stereocenters. The first-order chi connectivity index (χ1) is 10.3. The van der Waals surface area contributed by atoms with Crippen LogP contribution < -0.4 is 10.1 Å². The Morgan fingerprint density at radius 3 is 2.71 bits per heavy atom. The number of ether oxygens (including phenoxy) is 1. The van der Waals surface area contributed by atoms with E-state index in [2.05, 4.69) is 27.7 Å². The molecule has 1 aliphatic heterocycles. The number of aromatic nitrogens is 1. The third-order valence-electron chi connectivity index (χ3n) is 3.71. The lowest BCUT2D eigenvalue weighted by Crippen LogP contribution is -2.42. The second kappa shape index (κ2) is 7.02. The molecule has 5 heteroatoms. The zero-order chi connectivity index (χ0) is 14.5. The lowest BCUT2D eigenvalue weighted by atomic mass is 10.1. The fraction of sp³-hybridized carbons (Fsp3) is 0.438. The number of benzene rings is 1. The molecule has 0 unspecified atom stereocenters. The molecular weight excluding hydrogens is 282 g/mol. The Labute approximate surface area is 129 Å². The number of nitrogens with one attached hydrogen (secondary N) is 1. The van der Waals surface area contributed by atoms with Crippen molar-refractivity contribution in [2.45, 2.75) is 13.0 Å². The quantitative estimate of drug-likeness (QED) is 0.918. The van der Waals surface area contributed by atoms with Gasteiger partial charge in [0.2, 0.25) is 0 Å². The van der Waals surface area contributed by atoms with Crippen molar-refractivity contribution < 1.29 is 4.74 Å². The van der Waals surface area contributed by atoms with Gasteiger partial charge in [-0.25, -0.2) is 4.98 Å². The maximum absolute atomic E-state index is 5.18. The molecule has 2 aromatic rings. The van der Waals surface area contributed by atoms with E-state index >= 15 is 0 Å². The number of rotatable bonds is 5. The summed E-state index contributed by atoms with van der Waals surface area (Å²) in [5.74, 6) is 0.900. The van der Waals surface area contributed by atoms with Crippen LogP contribution in [0.15, 0.2) is 29.6 Å². The van der Waals surface area contributed by atoms with Crippen LogP contribution in [0, 0.1) is 0 Å². The van der Waals surface area contributed by atoms with Gasteiger partial charge in [-0.1, -0.05) is 12.1 Å². The molecule has 3 rings (SSSR count). The molecule has 1 aromatic heterocycles.